The van der Waals surface area contributed by atoms with E-state index >= 15 is 0 Å². The second-order valence-electron chi connectivity index (χ2n) is 4.44. The van der Waals surface area contributed by atoms with Gasteiger partial charge in [0.05, 0.1) is 6.07 Å². The predicted octanol–water partition coefficient (Wildman–Crippen LogP) is 1.00. The molecule has 0 aromatic rings. The highest BCUT2D eigenvalue weighted by Gasteiger charge is 2.42. The molecule has 0 heterocycles. The molecule has 94 valence electrons. The summed E-state index contributed by atoms with van der Waals surface area (Å²) in [4.78, 5) is 21.7. The third kappa shape index (κ3) is 4.65. The van der Waals surface area contributed by atoms with Gasteiger partial charge in [0.1, 0.15) is 6.04 Å². The molecule has 1 aliphatic rings. The largest absolute Gasteiger partial charge is 0.480 e. The summed E-state index contributed by atoms with van der Waals surface area (Å²) in [5.41, 5.74) is 0.110. The summed E-state index contributed by atoms with van der Waals surface area (Å²) < 4.78 is 0. The third-order valence-corrected chi connectivity index (χ3v) is 4.17. The van der Waals surface area contributed by atoms with Crippen LogP contribution in [0.15, 0.2) is 0 Å². The highest BCUT2D eigenvalue weighted by molar-refractivity contribution is 7.99. The van der Waals surface area contributed by atoms with Crippen molar-refractivity contribution in [3.05, 3.63) is 0 Å². The topological polar surface area (TPSA) is 90.2 Å². The van der Waals surface area contributed by atoms with E-state index in [2.05, 4.69) is 11.4 Å². The molecule has 0 aromatic heterocycles. The summed E-state index contributed by atoms with van der Waals surface area (Å²) in [7, 11) is 0. The van der Waals surface area contributed by atoms with Crippen LogP contribution < -0.4 is 5.32 Å². The molecule has 0 saturated heterocycles. The van der Waals surface area contributed by atoms with Crippen LogP contribution in [0.3, 0.4) is 0 Å². The van der Waals surface area contributed by atoms with E-state index in [1.807, 2.05) is 0 Å². The van der Waals surface area contributed by atoms with E-state index < -0.39 is 12.0 Å². The number of rotatable bonds is 7. The van der Waals surface area contributed by atoms with Crippen LogP contribution in [0.5, 0.6) is 0 Å². The van der Waals surface area contributed by atoms with Gasteiger partial charge in [0, 0.05) is 24.9 Å². The molecule has 6 heteroatoms. The van der Waals surface area contributed by atoms with Crippen LogP contribution in [0.4, 0.5) is 0 Å². The molecule has 1 rings (SSSR count). The summed E-state index contributed by atoms with van der Waals surface area (Å²) >= 11 is 1.49. The van der Waals surface area contributed by atoms with Crippen molar-refractivity contribution < 1.29 is 14.7 Å². The first-order chi connectivity index (χ1) is 7.99. The van der Waals surface area contributed by atoms with Gasteiger partial charge < -0.3 is 10.4 Å². The van der Waals surface area contributed by atoms with E-state index in [-0.39, 0.29) is 11.3 Å². The lowest BCUT2D eigenvalue weighted by Crippen LogP contribution is -2.41. The average molecular weight is 256 g/mol. The number of nitrogens with one attached hydrogen (secondary N) is 1. The van der Waals surface area contributed by atoms with Gasteiger partial charge in [-0.1, -0.05) is 0 Å². The number of nitrogens with zero attached hydrogens (tertiary/aromatic N) is 1. The average Bonchev–Trinajstić information content (AvgIpc) is 2.96. The lowest BCUT2D eigenvalue weighted by molar-refractivity contribution is -0.140. The molecule has 1 aliphatic carbocycles. The predicted molar refractivity (Wildman–Crippen MR) is 64.5 cm³/mol. The zero-order valence-corrected chi connectivity index (χ0v) is 10.5. The van der Waals surface area contributed by atoms with Crippen molar-refractivity contribution >= 4 is 23.6 Å². The Hall–Kier alpha value is -1.22. The maximum atomic E-state index is 10.9. The van der Waals surface area contributed by atoms with Gasteiger partial charge in [-0.15, -0.1) is 0 Å². The maximum absolute atomic E-state index is 10.9. The van der Waals surface area contributed by atoms with Gasteiger partial charge in [-0.3, -0.25) is 4.79 Å². The number of nitriles is 1. The van der Waals surface area contributed by atoms with Gasteiger partial charge >= 0.3 is 5.97 Å². The quantitative estimate of drug-likeness (QED) is 0.709. The van der Waals surface area contributed by atoms with Crippen molar-refractivity contribution in [2.24, 2.45) is 5.41 Å². The van der Waals surface area contributed by atoms with Crippen LogP contribution in [-0.4, -0.2) is 34.5 Å². The van der Waals surface area contributed by atoms with Gasteiger partial charge in [0.2, 0.25) is 5.91 Å². The lowest BCUT2D eigenvalue weighted by Gasteiger charge is -2.15. The lowest BCUT2D eigenvalue weighted by atomic mass is 10.1. The number of amides is 1. The molecule has 0 unspecified atom stereocenters. The third-order valence-electron chi connectivity index (χ3n) is 2.78. The minimum Gasteiger partial charge on any atom is -0.480 e. The Bertz CT molecular complexity index is 347. The highest BCUT2D eigenvalue weighted by atomic mass is 32.2. The van der Waals surface area contributed by atoms with Crippen LogP contribution in [0.25, 0.3) is 0 Å². The summed E-state index contributed by atoms with van der Waals surface area (Å²) in [6.45, 7) is 1.30. The van der Waals surface area contributed by atoms with Crippen LogP contribution in [0, 0.1) is 16.7 Å². The van der Waals surface area contributed by atoms with E-state index in [1.165, 1.54) is 18.7 Å². The van der Waals surface area contributed by atoms with E-state index in [1.54, 1.807) is 0 Å². The maximum Gasteiger partial charge on any atom is 0.327 e. The van der Waals surface area contributed by atoms with Crippen molar-refractivity contribution in [3.8, 4) is 6.07 Å². The van der Waals surface area contributed by atoms with Gasteiger partial charge in [-0.25, -0.2) is 4.79 Å². The Labute approximate surface area is 105 Å². The van der Waals surface area contributed by atoms with Gasteiger partial charge in [0.15, 0.2) is 0 Å². The molecule has 0 spiro atoms. The fourth-order valence-electron chi connectivity index (χ4n) is 1.53. The molecule has 2 N–H and O–H groups in total. The van der Waals surface area contributed by atoms with Crippen molar-refractivity contribution in [2.45, 2.75) is 32.2 Å². The normalized spacial score (nSPS) is 17.9. The van der Waals surface area contributed by atoms with Gasteiger partial charge in [-0.05, 0) is 18.3 Å². The molecule has 0 bridgehead atoms. The van der Waals surface area contributed by atoms with Crippen molar-refractivity contribution in [1.82, 2.24) is 5.32 Å². The molecule has 1 fully saturated rings. The molecular weight excluding hydrogens is 240 g/mol. The van der Waals surface area contributed by atoms with E-state index in [4.69, 9.17) is 10.4 Å². The second-order valence-corrected chi connectivity index (χ2v) is 5.47. The molecule has 0 aromatic carbocycles. The van der Waals surface area contributed by atoms with Crippen molar-refractivity contribution in [3.63, 3.8) is 0 Å². The van der Waals surface area contributed by atoms with Crippen LogP contribution in [0.1, 0.15) is 26.2 Å². The van der Waals surface area contributed by atoms with E-state index in [0.29, 0.717) is 12.2 Å². The Balaban J connectivity index is 2.30. The number of carboxylic acids is 1. The molecule has 1 atom stereocenters. The number of hydrogen-bond acceptors (Lipinski definition) is 4. The Morgan fingerprint density at radius 2 is 2.24 bits per heavy atom. The number of carboxylic acid groups (broad SMARTS) is 1. The molecule has 0 radical (unpaired) electrons. The molecule has 1 saturated carbocycles. The van der Waals surface area contributed by atoms with Gasteiger partial charge in [0.25, 0.3) is 0 Å². The fourth-order valence-corrected chi connectivity index (χ4v) is 2.93. The van der Waals surface area contributed by atoms with Crippen molar-refractivity contribution in [1.29, 1.82) is 5.26 Å². The first-order valence-electron chi connectivity index (χ1n) is 5.44. The van der Waals surface area contributed by atoms with Gasteiger partial charge in [-0.2, -0.15) is 17.0 Å². The zero-order valence-electron chi connectivity index (χ0n) is 9.73. The summed E-state index contributed by atoms with van der Waals surface area (Å²) in [5.74, 6) is -0.208. The number of hydrogen-bond donors (Lipinski definition) is 2. The van der Waals surface area contributed by atoms with Crippen LogP contribution in [0.2, 0.25) is 0 Å². The Kier molecular flexibility index (Phi) is 4.82. The standard InChI is InChI=1S/C11H16N2O3S/c1-8(14)13-9(10(15)16)6-17-7-11(2-3-11)4-5-12/h9H,2-4,6-7H2,1H3,(H,13,14)(H,15,16)/t9-/m0/s1. The highest BCUT2D eigenvalue weighted by Crippen LogP contribution is 2.50. The first-order valence-corrected chi connectivity index (χ1v) is 6.59. The van der Waals surface area contributed by atoms with E-state index in [0.717, 1.165) is 18.6 Å². The minimum atomic E-state index is -1.02. The Morgan fingerprint density at radius 1 is 1.59 bits per heavy atom. The zero-order chi connectivity index (χ0) is 12.9. The number of carbonyl (C=O) groups is 2. The van der Waals surface area contributed by atoms with Crippen LogP contribution in [-0.2, 0) is 9.59 Å². The molecule has 0 aliphatic heterocycles. The second kappa shape index (κ2) is 5.92. The molecule has 1 amide bonds. The van der Waals surface area contributed by atoms with Crippen LogP contribution >= 0.6 is 11.8 Å². The first kappa shape index (κ1) is 13.8. The summed E-state index contributed by atoms with van der Waals surface area (Å²) in [6, 6.07) is 1.33. The molecular formula is C11H16N2O3S. The van der Waals surface area contributed by atoms with E-state index in [9.17, 15) is 9.59 Å². The fraction of sp³-hybridized carbons (Fsp3) is 0.727. The molecule has 17 heavy (non-hydrogen) atoms. The molecule has 5 nitrogen and oxygen atoms in total. The smallest absolute Gasteiger partial charge is 0.327 e. The SMILES string of the molecule is CC(=O)N[C@@H](CSCC1(CC#N)CC1)C(=O)O. The monoisotopic (exact) mass is 256 g/mol. The number of thioether (sulfide) groups is 1. The summed E-state index contributed by atoms with van der Waals surface area (Å²) in [6.07, 6.45) is 2.63. The number of aliphatic carboxylic acids is 1. The Morgan fingerprint density at radius 3 is 2.65 bits per heavy atom. The number of carbonyl (C=O) groups excluding carboxylic acids is 1. The minimum absolute atomic E-state index is 0.110. The summed E-state index contributed by atoms with van der Waals surface area (Å²) in [5, 5.41) is 19.9. The van der Waals surface area contributed by atoms with Crippen molar-refractivity contribution in [2.75, 3.05) is 11.5 Å².